The Labute approximate surface area is 75.5 Å². The second-order valence-corrected chi connectivity index (χ2v) is 2.87. The van der Waals surface area contributed by atoms with Crippen LogP contribution in [0, 0.1) is 0 Å². The Balaban J connectivity index is 2.49. The van der Waals surface area contributed by atoms with Gasteiger partial charge in [-0.2, -0.15) is 0 Å². The lowest BCUT2D eigenvalue weighted by molar-refractivity contribution is 0.166. The maximum Gasteiger partial charge on any atom is 0.138 e. The van der Waals surface area contributed by atoms with E-state index in [1.54, 1.807) is 19.2 Å². The zero-order valence-electron chi connectivity index (χ0n) is 7.28. The predicted octanol–water partition coefficient (Wildman–Crippen LogP) is 2.28. The monoisotopic (exact) mass is 178 g/mol. The third kappa shape index (κ3) is 1.51. The van der Waals surface area contributed by atoms with Crippen molar-refractivity contribution in [1.82, 2.24) is 0 Å². The summed E-state index contributed by atoms with van der Waals surface area (Å²) in [4.78, 5) is 0. The molecular formula is C10H10O3. The number of phenolic OH excluding ortho intramolecular Hbond substituents is 1. The van der Waals surface area contributed by atoms with Gasteiger partial charge >= 0.3 is 0 Å². The molecule has 0 aliphatic carbocycles. The predicted molar refractivity (Wildman–Crippen MR) is 48.6 cm³/mol. The summed E-state index contributed by atoms with van der Waals surface area (Å²) in [5, 5.41) is 10.2. The van der Waals surface area contributed by atoms with E-state index in [4.69, 9.17) is 9.15 Å². The highest BCUT2D eigenvalue weighted by Gasteiger charge is 2.03. The molecule has 1 N–H and O–H groups in total. The van der Waals surface area contributed by atoms with Gasteiger partial charge in [0.2, 0.25) is 0 Å². The molecule has 3 heteroatoms. The molecule has 68 valence electrons. The first kappa shape index (κ1) is 8.13. The van der Waals surface area contributed by atoms with Crippen molar-refractivity contribution in [2.75, 3.05) is 7.11 Å². The van der Waals surface area contributed by atoms with Gasteiger partial charge < -0.3 is 14.3 Å². The number of hydrogen-bond donors (Lipinski definition) is 1. The van der Waals surface area contributed by atoms with Crippen LogP contribution in [-0.2, 0) is 11.3 Å². The van der Waals surface area contributed by atoms with Crippen molar-refractivity contribution in [3.05, 3.63) is 30.0 Å². The molecule has 1 aromatic heterocycles. The van der Waals surface area contributed by atoms with E-state index in [1.807, 2.05) is 12.1 Å². The SMILES string of the molecule is COCc1cc2ccc(O)cc2o1. The summed E-state index contributed by atoms with van der Waals surface area (Å²) in [6, 6.07) is 6.94. The summed E-state index contributed by atoms with van der Waals surface area (Å²) in [6.45, 7) is 0.454. The van der Waals surface area contributed by atoms with Gasteiger partial charge in [-0.05, 0) is 18.2 Å². The number of furan rings is 1. The first-order valence-electron chi connectivity index (χ1n) is 4.00. The van der Waals surface area contributed by atoms with Crippen LogP contribution in [0.25, 0.3) is 11.0 Å². The minimum atomic E-state index is 0.214. The number of methoxy groups -OCH3 is 1. The van der Waals surface area contributed by atoms with Crippen molar-refractivity contribution >= 4 is 11.0 Å². The molecule has 0 fully saturated rings. The average molecular weight is 178 g/mol. The fourth-order valence-electron chi connectivity index (χ4n) is 1.29. The number of ether oxygens (including phenoxy) is 1. The van der Waals surface area contributed by atoms with E-state index in [1.165, 1.54) is 0 Å². The van der Waals surface area contributed by atoms with Crippen molar-refractivity contribution in [3.63, 3.8) is 0 Å². The molecule has 0 aliphatic rings. The van der Waals surface area contributed by atoms with E-state index in [2.05, 4.69) is 0 Å². The van der Waals surface area contributed by atoms with Crippen LogP contribution in [0.1, 0.15) is 5.76 Å². The molecule has 1 heterocycles. The Hall–Kier alpha value is -1.48. The van der Waals surface area contributed by atoms with Gasteiger partial charge in [-0.25, -0.2) is 0 Å². The van der Waals surface area contributed by atoms with Crippen molar-refractivity contribution in [2.45, 2.75) is 6.61 Å². The van der Waals surface area contributed by atoms with E-state index < -0.39 is 0 Å². The zero-order valence-corrected chi connectivity index (χ0v) is 7.28. The molecule has 13 heavy (non-hydrogen) atoms. The fourth-order valence-corrected chi connectivity index (χ4v) is 1.29. The Bertz CT molecular complexity index is 417. The average Bonchev–Trinajstić information content (AvgIpc) is 2.46. The van der Waals surface area contributed by atoms with Crippen molar-refractivity contribution in [2.24, 2.45) is 0 Å². The van der Waals surface area contributed by atoms with E-state index in [9.17, 15) is 5.11 Å². The molecule has 0 bridgehead atoms. The summed E-state index contributed by atoms with van der Waals surface area (Å²) in [7, 11) is 1.62. The zero-order chi connectivity index (χ0) is 9.26. The maximum absolute atomic E-state index is 9.18. The number of aromatic hydroxyl groups is 1. The van der Waals surface area contributed by atoms with E-state index in [-0.39, 0.29) is 5.75 Å². The summed E-state index contributed by atoms with van der Waals surface area (Å²) in [6.07, 6.45) is 0. The third-order valence-electron chi connectivity index (χ3n) is 1.84. The second kappa shape index (κ2) is 3.11. The van der Waals surface area contributed by atoms with E-state index in [0.29, 0.717) is 12.2 Å². The van der Waals surface area contributed by atoms with E-state index >= 15 is 0 Å². The molecule has 2 rings (SSSR count). The summed E-state index contributed by atoms with van der Waals surface area (Å²) >= 11 is 0. The second-order valence-electron chi connectivity index (χ2n) is 2.87. The number of rotatable bonds is 2. The molecule has 0 spiro atoms. The smallest absolute Gasteiger partial charge is 0.138 e. The Morgan fingerprint density at radius 3 is 3.00 bits per heavy atom. The molecule has 0 unspecified atom stereocenters. The first-order chi connectivity index (χ1) is 6.29. The minimum Gasteiger partial charge on any atom is -0.508 e. The quantitative estimate of drug-likeness (QED) is 0.767. The van der Waals surface area contributed by atoms with Crippen LogP contribution in [0.2, 0.25) is 0 Å². The van der Waals surface area contributed by atoms with E-state index in [0.717, 1.165) is 11.1 Å². The van der Waals surface area contributed by atoms with Crippen LogP contribution >= 0.6 is 0 Å². The molecule has 0 amide bonds. The van der Waals surface area contributed by atoms with Crippen molar-refractivity contribution < 1.29 is 14.3 Å². The Morgan fingerprint density at radius 2 is 2.23 bits per heavy atom. The van der Waals surface area contributed by atoms with Gasteiger partial charge in [0.25, 0.3) is 0 Å². The minimum absolute atomic E-state index is 0.214. The Morgan fingerprint density at radius 1 is 1.38 bits per heavy atom. The molecular weight excluding hydrogens is 168 g/mol. The van der Waals surface area contributed by atoms with Crippen molar-refractivity contribution in [1.29, 1.82) is 0 Å². The summed E-state index contributed by atoms with van der Waals surface area (Å²) in [5.74, 6) is 0.980. The summed E-state index contributed by atoms with van der Waals surface area (Å²) in [5.41, 5.74) is 0.687. The lowest BCUT2D eigenvalue weighted by Gasteiger charge is -1.90. The van der Waals surface area contributed by atoms with Crippen LogP contribution in [0.4, 0.5) is 0 Å². The van der Waals surface area contributed by atoms with Gasteiger partial charge in [0.05, 0.1) is 0 Å². The molecule has 0 saturated carbocycles. The van der Waals surface area contributed by atoms with Crippen LogP contribution in [0.15, 0.2) is 28.7 Å². The largest absolute Gasteiger partial charge is 0.508 e. The molecule has 2 aromatic rings. The number of phenols is 1. The van der Waals surface area contributed by atoms with Gasteiger partial charge in [0.15, 0.2) is 0 Å². The summed E-state index contributed by atoms with van der Waals surface area (Å²) < 4.78 is 10.3. The standard InChI is InChI=1S/C10H10O3/c1-12-6-9-4-7-2-3-8(11)5-10(7)13-9/h2-5,11H,6H2,1H3. The van der Waals surface area contributed by atoms with Crippen LogP contribution in [0.5, 0.6) is 5.75 Å². The highest BCUT2D eigenvalue weighted by atomic mass is 16.5. The molecule has 0 aliphatic heterocycles. The van der Waals surface area contributed by atoms with Gasteiger partial charge in [0, 0.05) is 18.6 Å². The van der Waals surface area contributed by atoms with Gasteiger partial charge in [-0.1, -0.05) is 0 Å². The van der Waals surface area contributed by atoms with Gasteiger partial charge in [-0.3, -0.25) is 0 Å². The van der Waals surface area contributed by atoms with Crippen LogP contribution < -0.4 is 0 Å². The van der Waals surface area contributed by atoms with Crippen molar-refractivity contribution in [3.8, 4) is 5.75 Å². The lowest BCUT2D eigenvalue weighted by atomic mass is 10.2. The molecule has 1 aromatic carbocycles. The fraction of sp³-hybridized carbons (Fsp3) is 0.200. The van der Waals surface area contributed by atoms with Gasteiger partial charge in [-0.15, -0.1) is 0 Å². The van der Waals surface area contributed by atoms with Crippen LogP contribution in [-0.4, -0.2) is 12.2 Å². The maximum atomic E-state index is 9.18. The highest BCUT2D eigenvalue weighted by molar-refractivity contribution is 5.79. The normalized spacial score (nSPS) is 10.8. The van der Waals surface area contributed by atoms with Gasteiger partial charge in [0.1, 0.15) is 23.7 Å². The lowest BCUT2D eigenvalue weighted by Crippen LogP contribution is -1.81. The first-order valence-corrected chi connectivity index (χ1v) is 4.00. The van der Waals surface area contributed by atoms with Crippen LogP contribution in [0.3, 0.4) is 0 Å². The topological polar surface area (TPSA) is 42.6 Å². The third-order valence-corrected chi connectivity index (χ3v) is 1.84. The molecule has 0 atom stereocenters. The molecule has 0 saturated heterocycles. The molecule has 0 radical (unpaired) electrons. The number of benzene rings is 1. The number of fused-ring (bicyclic) bond motifs is 1. The number of hydrogen-bond acceptors (Lipinski definition) is 3. The molecule has 3 nitrogen and oxygen atoms in total. The highest BCUT2D eigenvalue weighted by Crippen LogP contribution is 2.23. The Kier molecular flexibility index (Phi) is 1.94.